The van der Waals surface area contributed by atoms with E-state index in [4.69, 9.17) is 0 Å². The van der Waals surface area contributed by atoms with E-state index in [1.165, 1.54) is 18.9 Å². The van der Waals surface area contributed by atoms with E-state index in [0.717, 1.165) is 28.9 Å². The number of carbonyl (C=O) groups excluding carboxylic acids is 2. The van der Waals surface area contributed by atoms with Crippen molar-refractivity contribution in [2.45, 2.75) is 31.6 Å². The van der Waals surface area contributed by atoms with E-state index in [1.807, 2.05) is 18.2 Å². The minimum atomic E-state index is -0.122. The fraction of sp³-hybridized carbons (Fsp3) is 0.333. The minimum absolute atomic E-state index is 0.0675. The molecular weight excluding hydrogens is 354 g/mol. The molecule has 3 heterocycles. The summed E-state index contributed by atoms with van der Waals surface area (Å²) in [6, 6.07) is 5.70. The van der Waals surface area contributed by atoms with Gasteiger partial charge in [-0.2, -0.15) is 5.10 Å². The molecule has 2 aromatic heterocycles. The molecule has 1 saturated carbocycles. The molecule has 1 fully saturated rings. The van der Waals surface area contributed by atoms with Crippen molar-refractivity contribution in [1.29, 1.82) is 0 Å². The van der Waals surface area contributed by atoms with Gasteiger partial charge in [-0.15, -0.1) is 0 Å². The van der Waals surface area contributed by atoms with E-state index in [-0.39, 0.29) is 18.2 Å². The fourth-order valence-corrected chi connectivity index (χ4v) is 3.34. The normalized spacial score (nSPS) is 16.4. The first-order valence-electron chi connectivity index (χ1n) is 9.53. The molecular formula is C21H23N5O2. The molecule has 1 aliphatic heterocycles. The van der Waals surface area contributed by atoms with Gasteiger partial charge in [0.15, 0.2) is 5.82 Å². The second-order valence-corrected chi connectivity index (χ2v) is 7.24. The Labute approximate surface area is 163 Å². The Kier molecular flexibility index (Phi) is 5.06. The highest BCUT2D eigenvalue weighted by Gasteiger charge is 2.25. The van der Waals surface area contributed by atoms with E-state index < -0.39 is 0 Å². The molecule has 144 valence electrons. The Morgan fingerprint density at radius 3 is 2.93 bits per heavy atom. The average molecular weight is 377 g/mol. The Hall–Kier alpha value is -3.22. The summed E-state index contributed by atoms with van der Waals surface area (Å²) < 4.78 is 0. The third-order valence-corrected chi connectivity index (χ3v) is 5.04. The number of aromatic nitrogens is 3. The smallest absolute Gasteiger partial charge is 0.246 e. The van der Waals surface area contributed by atoms with Crippen LogP contribution in [0.5, 0.6) is 0 Å². The lowest BCUT2D eigenvalue weighted by Crippen LogP contribution is -2.34. The van der Waals surface area contributed by atoms with Gasteiger partial charge in [0.2, 0.25) is 11.8 Å². The van der Waals surface area contributed by atoms with Crippen LogP contribution >= 0.6 is 0 Å². The summed E-state index contributed by atoms with van der Waals surface area (Å²) in [4.78, 5) is 30.3. The Balaban J connectivity index is 1.34. The number of nitrogens with one attached hydrogen (secondary N) is 2. The molecule has 0 radical (unpaired) electrons. The number of carbonyl (C=O) groups is 2. The standard InChI is InChI=1S/C21H23N5O2/c1-2-21(28)26-9-3-4-16(13-26)17-8-5-14(12-22-17)10-20(27)23-19-11-18(24-25-19)15-6-7-15/h2,4-5,8,11-12,15H,1,3,6-7,9-10,13H2,(H2,23,24,25,27). The first-order valence-corrected chi connectivity index (χ1v) is 9.53. The number of hydrogen-bond donors (Lipinski definition) is 2. The number of H-pyrrole nitrogens is 1. The van der Waals surface area contributed by atoms with Gasteiger partial charge in [-0.25, -0.2) is 0 Å². The Bertz CT molecular complexity index is 925. The number of rotatable bonds is 6. The summed E-state index contributed by atoms with van der Waals surface area (Å²) in [6.07, 6.45) is 8.56. The van der Waals surface area contributed by atoms with Gasteiger partial charge in [0.1, 0.15) is 0 Å². The summed E-state index contributed by atoms with van der Waals surface area (Å²) >= 11 is 0. The average Bonchev–Trinajstić information content (AvgIpc) is 3.47. The zero-order valence-corrected chi connectivity index (χ0v) is 15.6. The van der Waals surface area contributed by atoms with Crippen LogP contribution in [0.3, 0.4) is 0 Å². The molecule has 0 unspecified atom stereocenters. The van der Waals surface area contributed by atoms with Gasteiger partial charge in [0.05, 0.1) is 12.1 Å². The van der Waals surface area contributed by atoms with Crippen LogP contribution in [0.1, 0.15) is 42.1 Å². The monoisotopic (exact) mass is 377 g/mol. The van der Waals surface area contributed by atoms with Crippen molar-refractivity contribution in [2.75, 3.05) is 18.4 Å². The summed E-state index contributed by atoms with van der Waals surface area (Å²) in [5, 5.41) is 9.94. The van der Waals surface area contributed by atoms with Gasteiger partial charge < -0.3 is 10.2 Å². The van der Waals surface area contributed by atoms with Crippen molar-refractivity contribution in [3.8, 4) is 0 Å². The number of nitrogens with zero attached hydrogens (tertiary/aromatic N) is 3. The second kappa shape index (κ2) is 7.80. The zero-order valence-electron chi connectivity index (χ0n) is 15.6. The number of pyridine rings is 1. The highest BCUT2D eigenvalue weighted by molar-refractivity contribution is 5.91. The topological polar surface area (TPSA) is 91.0 Å². The maximum atomic E-state index is 12.3. The molecule has 0 spiro atoms. The first-order chi connectivity index (χ1) is 13.6. The lowest BCUT2D eigenvalue weighted by Gasteiger charge is -2.26. The molecule has 2 aromatic rings. The highest BCUT2D eigenvalue weighted by Crippen LogP contribution is 2.39. The van der Waals surface area contributed by atoms with Crippen LogP contribution in [0.2, 0.25) is 0 Å². The Morgan fingerprint density at radius 1 is 1.36 bits per heavy atom. The van der Waals surface area contributed by atoms with Crippen LogP contribution in [0.4, 0.5) is 5.82 Å². The predicted octanol–water partition coefficient (Wildman–Crippen LogP) is 2.67. The largest absolute Gasteiger partial charge is 0.334 e. The lowest BCUT2D eigenvalue weighted by atomic mass is 10.0. The molecule has 7 nitrogen and oxygen atoms in total. The van der Waals surface area contributed by atoms with Crippen LogP contribution < -0.4 is 5.32 Å². The first kappa shape index (κ1) is 18.2. The molecule has 2 N–H and O–H groups in total. The summed E-state index contributed by atoms with van der Waals surface area (Å²) in [5.74, 6) is 0.947. The maximum absolute atomic E-state index is 12.3. The molecule has 2 amide bonds. The summed E-state index contributed by atoms with van der Waals surface area (Å²) in [6.45, 7) is 4.77. The maximum Gasteiger partial charge on any atom is 0.246 e. The van der Waals surface area contributed by atoms with Crippen molar-refractivity contribution in [1.82, 2.24) is 20.1 Å². The van der Waals surface area contributed by atoms with Gasteiger partial charge >= 0.3 is 0 Å². The molecule has 7 heteroatoms. The zero-order chi connectivity index (χ0) is 19.5. The van der Waals surface area contributed by atoms with Gasteiger partial charge in [0.25, 0.3) is 0 Å². The van der Waals surface area contributed by atoms with Crippen LogP contribution in [-0.2, 0) is 16.0 Å². The third-order valence-electron chi connectivity index (χ3n) is 5.04. The lowest BCUT2D eigenvalue weighted by molar-refractivity contribution is -0.125. The van der Waals surface area contributed by atoms with Crippen molar-refractivity contribution in [3.05, 3.63) is 60.1 Å². The second-order valence-electron chi connectivity index (χ2n) is 7.24. The van der Waals surface area contributed by atoms with Gasteiger partial charge in [-0.1, -0.05) is 18.7 Å². The molecule has 0 atom stereocenters. The van der Waals surface area contributed by atoms with Crippen LogP contribution in [0, 0.1) is 0 Å². The van der Waals surface area contributed by atoms with E-state index >= 15 is 0 Å². The minimum Gasteiger partial charge on any atom is -0.334 e. The SMILES string of the molecule is C=CC(=O)N1CCC=C(c2ccc(CC(=O)Nc3cc(C4CC4)[nH]n3)cn2)C1. The predicted molar refractivity (Wildman–Crippen MR) is 107 cm³/mol. The van der Waals surface area contributed by atoms with E-state index in [0.29, 0.717) is 24.8 Å². The van der Waals surface area contributed by atoms with Crippen LogP contribution in [0.15, 0.2) is 43.1 Å². The van der Waals surface area contributed by atoms with Gasteiger partial charge in [-0.3, -0.25) is 19.7 Å². The molecule has 0 bridgehead atoms. The quantitative estimate of drug-likeness (QED) is 0.757. The van der Waals surface area contributed by atoms with Crippen molar-refractivity contribution < 1.29 is 9.59 Å². The number of anilines is 1. The van der Waals surface area contributed by atoms with E-state index in [9.17, 15) is 9.59 Å². The van der Waals surface area contributed by atoms with Crippen molar-refractivity contribution in [3.63, 3.8) is 0 Å². The molecule has 28 heavy (non-hydrogen) atoms. The van der Waals surface area contributed by atoms with Crippen molar-refractivity contribution in [2.24, 2.45) is 0 Å². The highest BCUT2D eigenvalue weighted by atomic mass is 16.2. The number of amides is 2. The molecule has 0 aromatic carbocycles. The van der Waals surface area contributed by atoms with Gasteiger partial charge in [0, 0.05) is 37.0 Å². The molecule has 1 aliphatic carbocycles. The fourth-order valence-electron chi connectivity index (χ4n) is 3.34. The Morgan fingerprint density at radius 2 is 2.21 bits per heavy atom. The number of aromatic amines is 1. The summed E-state index contributed by atoms with van der Waals surface area (Å²) in [5.41, 5.74) is 3.76. The summed E-state index contributed by atoms with van der Waals surface area (Å²) in [7, 11) is 0. The van der Waals surface area contributed by atoms with Crippen LogP contribution in [0.25, 0.3) is 5.57 Å². The third kappa shape index (κ3) is 4.19. The van der Waals surface area contributed by atoms with Crippen molar-refractivity contribution >= 4 is 23.2 Å². The van der Waals surface area contributed by atoms with E-state index in [1.54, 1.807) is 11.1 Å². The molecule has 0 saturated heterocycles. The molecule has 2 aliphatic rings. The van der Waals surface area contributed by atoms with Crippen LogP contribution in [-0.4, -0.2) is 45.0 Å². The molecule has 4 rings (SSSR count). The number of hydrogen-bond acceptors (Lipinski definition) is 4. The van der Waals surface area contributed by atoms with E-state index in [2.05, 4.69) is 33.2 Å². The van der Waals surface area contributed by atoms with Gasteiger partial charge in [-0.05, 0) is 42.5 Å².